The van der Waals surface area contributed by atoms with E-state index < -0.39 is 0 Å². The SMILES string of the molecule is CCOc1cc(OC)ccc1C1=NC(CC)C(c2ccc(Cl)cc2)N1.CCOc1ccc(C2=NC(CC3CCCC3)C(c3ccc(Cl)cc3)N2)c(OCC)c1. The van der Waals surface area contributed by atoms with Crippen molar-refractivity contribution in [3.05, 3.63) is 117 Å². The molecule has 1 fully saturated rings. The molecule has 2 N–H and O–H groups in total. The number of methoxy groups -OCH3 is 1. The van der Waals surface area contributed by atoms with Gasteiger partial charge in [0.2, 0.25) is 0 Å². The minimum Gasteiger partial charge on any atom is -0.497 e. The maximum Gasteiger partial charge on any atom is 0.133 e. The topological polar surface area (TPSA) is 85.7 Å². The van der Waals surface area contributed by atoms with E-state index in [1.165, 1.54) is 36.8 Å². The molecule has 0 aromatic heterocycles. The summed E-state index contributed by atoms with van der Waals surface area (Å²) in [5.74, 6) is 5.71. The molecular weight excluding hydrogens is 731 g/mol. The Bertz CT molecular complexity index is 1910. The monoisotopic (exact) mass is 784 g/mol. The predicted molar refractivity (Wildman–Crippen MR) is 225 cm³/mol. The maximum absolute atomic E-state index is 6.14. The van der Waals surface area contributed by atoms with Crippen LogP contribution in [0.4, 0.5) is 0 Å². The van der Waals surface area contributed by atoms with E-state index in [0.29, 0.717) is 19.8 Å². The third-order valence-electron chi connectivity index (χ3n) is 10.4. The Morgan fingerprint density at radius 2 is 1.07 bits per heavy atom. The summed E-state index contributed by atoms with van der Waals surface area (Å²) < 4.78 is 22.7. The Hall–Kier alpha value is -4.40. The molecule has 0 saturated heterocycles. The summed E-state index contributed by atoms with van der Waals surface area (Å²) in [6, 6.07) is 28.6. The fraction of sp³-hybridized carbons (Fsp3) is 0.422. The summed E-state index contributed by atoms with van der Waals surface area (Å²) in [4.78, 5) is 10.1. The van der Waals surface area contributed by atoms with Gasteiger partial charge in [0.1, 0.15) is 34.7 Å². The van der Waals surface area contributed by atoms with Crippen LogP contribution in [0.3, 0.4) is 0 Å². The number of ether oxygens (including phenoxy) is 4. The van der Waals surface area contributed by atoms with Gasteiger partial charge in [0.05, 0.1) is 62.2 Å². The Balaban J connectivity index is 0.000000190. The molecule has 8 nitrogen and oxygen atoms in total. The second-order valence-corrected chi connectivity index (χ2v) is 14.9. The highest BCUT2D eigenvalue weighted by Gasteiger charge is 2.34. The lowest BCUT2D eigenvalue weighted by Crippen LogP contribution is -2.28. The first-order valence-electron chi connectivity index (χ1n) is 19.7. The molecule has 4 unspecified atom stereocenters. The number of nitrogens with one attached hydrogen (secondary N) is 2. The zero-order valence-corrected chi connectivity index (χ0v) is 34.1. The molecule has 3 aliphatic rings. The summed E-state index contributed by atoms with van der Waals surface area (Å²) in [5.41, 5.74) is 4.36. The van der Waals surface area contributed by atoms with E-state index in [0.717, 1.165) is 74.6 Å². The van der Waals surface area contributed by atoms with Crippen LogP contribution in [0.1, 0.15) is 101 Å². The molecule has 1 aliphatic carbocycles. The third-order valence-corrected chi connectivity index (χ3v) is 10.9. The van der Waals surface area contributed by atoms with Gasteiger partial charge < -0.3 is 29.6 Å². The fourth-order valence-electron chi connectivity index (χ4n) is 7.72. The van der Waals surface area contributed by atoms with Gasteiger partial charge in [-0.3, -0.25) is 9.98 Å². The molecule has 2 aliphatic heterocycles. The van der Waals surface area contributed by atoms with Gasteiger partial charge >= 0.3 is 0 Å². The van der Waals surface area contributed by atoms with Crippen molar-refractivity contribution in [2.75, 3.05) is 26.9 Å². The van der Waals surface area contributed by atoms with Gasteiger partial charge in [-0.25, -0.2) is 0 Å². The van der Waals surface area contributed by atoms with Crippen LogP contribution in [0.15, 0.2) is 94.9 Å². The van der Waals surface area contributed by atoms with E-state index in [4.69, 9.17) is 52.1 Å². The molecule has 292 valence electrons. The summed E-state index contributed by atoms with van der Waals surface area (Å²) >= 11 is 12.2. The molecule has 0 amide bonds. The van der Waals surface area contributed by atoms with Crippen molar-refractivity contribution in [2.24, 2.45) is 15.9 Å². The fourth-order valence-corrected chi connectivity index (χ4v) is 7.97. The van der Waals surface area contributed by atoms with E-state index in [9.17, 15) is 0 Å². The van der Waals surface area contributed by atoms with E-state index >= 15 is 0 Å². The average Bonchev–Trinajstić information content (AvgIpc) is 3.97. The molecule has 2 heterocycles. The lowest BCUT2D eigenvalue weighted by Gasteiger charge is -2.22. The number of rotatable bonds is 14. The third kappa shape index (κ3) is 10.1. The zero-order chi connectivity index (χ0) is 38.7. The smallest absolute Gasteiger partial charge is 0.133 e. The quantitative estimate of drug-likeness (QED) is 0.132. The highest BCUT2D eigenvalue weighted by molar-refractivity contribution is 6.30. The van der Waals surface area contributed by atoms with Crippen molar-refractivity contribution in [3.63, 3.8) is 0 Å². The first-order valence-corrected chi connectivity index (χ1v) is 20.5. The van der Waals surface area contributed by atoms with Gasteiger partial charge in [-0.15, -0.1) is 0 Å². The number of hydrogen-bond donors (Lipinski definition) is 2. The lowest BCUT2D eigenvalue weighted by atomic mass is 9.91. The Kier molecular flexibility index (Phi) is 14.2. The summed E-state index contributed by atoms with van der Waals surface area (Å²) in [6.07, 6.45) is 7.40. The van der Waals surface area contributed by atoms with Crippen molar-refractivity contribution < 1.29 is 18.9 Å². The molecule has 0 spiro atoms. The van der Waals surface area contributed by atoms with Crippen molar-refractivity contribution in [2.45, 2.75) is 90.4 Å². The van der Waals surface area contributed by atoms with Crippen molar-refractivity contribution in [1.29, 1.82) is 0 Å². The number of nitrogens with zero attached hydrogens (tertiary/aromatic N) is 2. The zero-order valence-electron chi connectivity index (χ0n) is 32.6. The average molecular weight is 786 g/mol. The Morgan fingerprint density at radius 3 is 1.56 bits per heavy atom. The largest absolute Gasteiger partial charge is 0.497 e. The first kappa shape index (κ1) is 40.3. The highest BCUT2D eigenvalue weighted by atomic mass is 35.5. The molecule has 4 atom stereocenters. The molecule has 4 aromatic carbocycles. The van der Waals surface area contributed by atoms with Crippen LogP contribution in [0.25, 0.3) is 0 Å². The van der Waals surface area contributed by atoms with Crippen LogP contribution in [-0.2, 0) is 0 Å². The lowest BCUT2D eigenvalue weighted by molar-refractivity contribution is 0.322. The van der Waals surface area contributed by atoms with Gasteiger partial charge in [-0.1, -0.05) is 80.1 Å². The van der Waals surface area contributed by atoms with E-state index in [-0.39, 0.29) is 24.2 Å². The van der Waals surface area contributed by atoms with Crippen molar-refractivity contribution in [1.82, 2.24) is 10.6 Å². The van der Waals surface area contributed by atoms with Gasteiger partial charge in [0.15, 0.2) is 0 Å². The van der Waals surface area contributed by atoms with Gasteiger partial charge in [-0.05, 0) is 99.2 Å². The van der Waals surface area contributed by atoms with Crippen molar-refractivity contribution in [3.8, 4) is 23.0 Å². The van der Waals surface area contributed by atoms with E-state index in [2.05, 4.69) is 47.9 Å². The predicted octanol–water partition coefficient (Wildman–Crippen LogP) is 10.8. The molecule has 1 saturated carbocycles. The number of halogens is 2. The minimum atomic E-state index is 0.133. The number of benzene rings is 4. The van der Waals surface area contributed by atoms with Crippen LogP contribution in [0, 0.1) is 5.92 Å². The second-order valence-electron chi connectivity index (χ2n) is 14.1. The molecule has 0 radical (unpaired) electrons. The number of hydrogen-bond acceptors (Lipinski definition) is 8. The van der Waals surface area contributed by atoms with E-state index in [1.54, 1.807) is 7.11 Å². The Morgan fingerprint density at radius 1 is 0.600 bits per heavy atom. The second kappa shape index (κ2) is 19.5. The van der Waals surface area contributed by atoms with Gasteiger partial charge in [0, 0.05) is 22.2 Å². The number of aliphatic imine (C=N–C) groups is 2. The van der Waals surface area contributed by atoms with E-state index in [1.807, 2.05) is 75.4 Å². The van der Waals surface area contributed by atoms with Crippen LogP contribution in [0.2, 0.25) is 10.0 Å². The number of amidine groups is 2. The van der Waals surface area contributed by atoms with Gasteiger partial charge in [-0.2, -0.15) is 0 Å². The van der Waals surface area contributed by atoms with Crippen LogP contribution >= 0.6 is 23.2 Å². The van der Waals surface area contributed by atoms with Crippen molar-refractivity contribution >= 4 is 34.9 Å². The summed E-state index contributed by atoms with van der Waals surface area (Å²) in [5, 5.41) is 8.77. The summed E-state index contributed by atoms with van der Waals surface area (Å²) in [6.45, 7) is 9.93. The molecule has 4 aromatic rings. The standard InChI is InChI=1S/C25H31ClN2O2.C20H23ClN2O2/c1-3-29-20-13-14-21(23(16-20)30-4-2)25-27-22(15-17-7-5-6-8-17)24(28-25)18-9-11-19(26)12-10-18;1-4-17-19(13-6-8-14(21)9-7-13)23-20(22-17)16-11-10-15(24-3)12-18(16)25-5-2/h9-14,16-17,22,24H,3-8,15H2,1-2H3,(H,27,28);6-12,17,19H,4-5H2,1-3H3,(H,22,23). The highest BCUT2D eigenvalue weighted by Crippen LogP contribution is 2.38. The maximum atomic E-state index is 6.14. The Labute approximate surface area is 336 Å². The minimum absolute atomic E-state index is 0.133. The van der Waals surface area contributed by atoms with Crippen LogP contribution in [0.5, 0.6) is 23.0 Å². The molecule has 55 heavy (non-hydrogen) atoms. The molecular formula is C45H54Cl2N4O4. The first-order chi connectivity index (χ1) is 26.8. The van der Waals surface area contributed by atoms with Gasteiger partial charge in [0.25, 0.3) is 0 Å². The molecule has 10 heteroatoms. The molecule has 0 bridgehead atoms. The molecule has 7 rings (SSSR count). The normalized spacial score (nSPS) is 20.4. The summed E-state index contributed by atoms with van der Waals surface area (Å²) in [7, 11) is 1.65. The van der Waals surface area contributed by atoms with Crippen LogP contribution in [-0.4, -0.2) is 50.7 Å². The van der Waals surface area contributed by atoms with Crippen LogP contribution < -0.4 is 29.6 Å².